The maximum absolute atomic E-state index is 2.64. The van der Waals surface area contributed by atoms with E-state index >= 15 is 0 Å². The normalized spacial score (nSPS) is 45.1. The summed E-state index contributed by atoms with van der Waals surface area (Å²) in [5.74, 6) is 7.32. The Morgan fingerprint density at radius 3 is 1.84 bits per heavy atom. The molecule has 0 aromatic heterocycles. The SMILES string of the molecule is CCCC1(CCC)CC2CC(C)CC(C)C(C)CC(C2C)C(C)C1C. The molecule has 0 heteroatoms. The third-order valence-corrected chi connectivity index (χ3v) is 9.11. The van der Waals surface area contributed by atoms with Gasteiger partial charge in [0, 0.05) is 0 Å². The van der Waals surface area contributed by atoms with Crippen LogP contribution in [0, 0.1) is 52.8 Å². The molecule has 25 heavy (non-hydrogen) atoms. The molecular formula is C25H48. The topological polar surface area (TPSA) is 0 Å². The molecule has 2 saturated carbocycles. The van der Waals surface area contributed by atoms with Crippen LogP contribution in [0.5, 0.6) is 0 Å². The Hall–Kier alpha value is 0. The summed E-state index contributed by atoms with van der Waals surface area (Å²) in [4.78, 5) is 0. The van der Waals surface area contributed by atoms with Crippen LogP contribution in [0.25, 0.3) is 0 Å². The molecule has 0 nitrogen and oxygen atoms in total. The van der Waals surface area contributed by atoms with Crippen molar-refractivity contribution in [3.63, 3.8) is 0 Å². The van der Waals surface area contributed by atoms with Gasteiger partial charge in [-0.05, 0) is 91.3 Å². The zero-order valence-electron chi connectivity index (χ0n) is 18.8. The molecule has 0 aromatic rings. The highest BCUT2D eigenvalue weighted by Gasteiger charge is 2.48. The third-order valence-electron chi connectivity index (χ3n) is 9.11. The lowest BCUT2D eigenvalue weighted by atomic mass is 9.62. The number of fused-ring (bicyclic) bond motifs is 2. The summed E-state index contributed by atoms with van der Waals surface area (Å²) in [7, 11) is 0. The number of hydrogen-bond donors (Lipinski definition) is 0. The van der Waals surface area contributed by atoms with Gasteiger partial charge in [0.2, 0.25) is 0 Å². The highest BCUT2D eigenvalue weighted by Crippen LogP contribution is 2.56. The predicted octanol–water partition coefficient (Wildman–Crippen LogP) is 8.21. The third kappa shape index (κ3) is 4.47. The van der Waals surface area contributed by atoms with E-state index in [4.69, 9.17) is 0 Å². The van der Waals surface area contributed by atoms with Crippen molar-refractivity contribution >= 4 is 0 Å². The lowest BCUT2D eigenvalue weighted by Crippen LogP contribution is -2.35. The summed E-state index contributed by atoms with van der Waals surface area (Å²) < 4.78 is 0. The first-order valence-corrected chi connectivity index (χ1v) is 11.8. The highest BCUT2D eigenvalue weighted by molar-refractivity contribution is 4.97. The van der Waals surface area contributed by atoms with Gasteiger partial charge in [0.25, 0.3) is 0 Å². The van der Waals surface area contributed by atoms with Crippen LogP contribution in [-0.4, -0.2) is 0 Å². The van der Waals surface area contributed by atoms with Gasteiger partial charge in [-0.3, -0.25) is 0 Å². The van der Waals surface area contributed by atoms with E-state index in [0.717, 1.165) is 47.3 Å². The van der Waals surface area contributed by atoms with Crippen LogP contribution in [0.1, 0.15) is 107 Å². The van der Waals surface area contributed by atoms with Crippen molar-refractivity contribution in [3.8, 4) is 0 Å². The van der Waals surface area contributed by atoms with E-state index in [1.54, 1.807) is 0 Å². The van der Waals surface area contributed by atoms with Gasteiger partial charge < -0.3 is 0 Å². The molecule has 0 amide bonds. The van der Waals surface area contributed by atoms with Gasteiger partial charge >= 0.3 is 0 Å². The fourth-order valence-electron chi connectivity index (χ4n) is 7.30. The number of hydrogen-bond acceptors (Lipinski definition) is 0. The summed E-state index contributed by atoms with van der Waals surface area (Å²) >= 11 is 0. The van der Waals surface area contributed by atoms with Crippen molar-refractivity contribution in [2.45, 2.75) is 107 Å². The largest absolute Gasteiger partial charge is 0.0654 e. The molecule has 2 aliphatic carbocycles. The quantitative estimate of drug-likeness (QED) is 0.480. The molecular weight excluding hydrogens is 300 g/mol. The van der Waals surface area contributed by atoms with Gasteiger partial charge in [-0.25, -0.2) is 0 Å². The Balaban J connectivity index is 2.42. The van der Waals surface area contributed by atoms with E-state index < -0.39 is 0 Å². The van der Waals surface area contributed by atoms with E-state index in [2.05, 4.69) is 55.4 Å². The van der Waals surface area contributed by atoms with E-state index in [1.165, 1.54) is 51.4 Å². The number of rotatable bonds is 4. The molecule has 0 aromatic carbocycles. The lowest BCUT2D eigenvalue weighted by molar-refractivity contribution is 0.0624. The maximum Gasteiger partial charge on any atom is -0.0267 e. The Labute approximate surface area is 159 Å². The minimum atomic E-state index is 0.615. The Morgan fingerprint density at radius 1 is 0.720 bits per heavy atom. The first-order valence-electron chi connectivity index (χ1n) is 11.8. The lowest BCUT2D eigenvalue weighted by Gasteiger charge is -2.43. The van der Waals surface area contributed by atoms with Crippen molar-refractivity contribution in [3.05, 3.63) is 0 Å². The van der Waals surface area contributed by atoms with Crippen LogP contribution in [-0.2, 0) is 0 Å². The summed E-state index contributed by atoms with van der Waals surface area (Å²) in [5.41, 5.74) is 0.615. The van der Waals surface area contributed by atoms with Crippen molar-refractivity contribution in [2.24, 2.45) is 52.8 Å². The summed E-state index contributed by atoms with van der Waals surface area (Å²) in [6.07, 6.45) is 11.6. The van der Waals surface area contributed by atoms with E-state index in [1.807, 2.05) is 0 Å². The first-order chi connectivity index (χ1) is 11.8. The monoisotopic (exact) mass is 348 g/mol. The molecule has 2 aliphatic rings. The first kappa shape index (κ1) is 21.3. The van der Waals surface area contributed by atoms with Crippen LogP contribution in [0.4, 0.5) is 0 Å². The minimum absolute atomic E-state index is 0.615. The van der Waals surface area contributed by atoms with Gasteiger partial charge in [0.1, 0.15) is 0 Å². The van der Waals surface area contributed by atoms with Crippen LogP contribution >= 0.6 is 0 Å². The molecule has 0 N–H and O–H groups in total. The van der Waals surface area contributed by atoms with Crippen molar-refractivity contribution in [1.82, 2.24) is 0 Å². The van der Waals surface area contributed by atoms with Crippen LogP contribution < -0.4 is 0 Å². The molecule has 0 heterocycles. The molecule has 2 fully saturated rings. The second-order valence-electron chi connectivity index (χ2n) is 10.8. The molecule has 2 bridgehead atoms. The molecule has 0 spiro atoms. The summed E-state index contributed by atoms with van der Waals surface area (Å²) in [6.45, 7) is 20.4. The minimum Gasteiger partial charge on any atom is -0.0654 e. The van der Waals surface area contributed by atoms with Crippen LogP contribution in [0.3, 0.4) is 0 Å². The molecule has 8 unspecified atom stereocenters. The molecule has 0 radical (unpaired) electrons. The van der Waals surface area contributed by atoms with Crippen molar-refractivity contribution in [1.29, 1.82) is 0 Å². The van der Waals surface area contributed by atoms with Crippen LogP contribution in [0.15, 0.2) is 0 Å². The van der Waals surface area contributed by atoms with Gasteiger partial charge in [0.15, 0.2) is 0 Å². The van der Waals surface area contributed by atoms with Gasteiger partial charge in [-0.2, -0.15) is 0 Å². The second-order valence-corrected chi connectivity index (χ2v) is 10.8. The Kier molecular flexibility index (Phi) is 7.49. The highest BCUT2D eigenvalue weighted by atomic mass is 14.5. The molecule has 2 rings (SSSR count). The van der Waals surface area contributed by atoms with Gasteiger partial charge in [-0.15, -0.1) is 0 Å². The average Bonchev–Trinajstić information content (AvgIpc) is 2.59. The maximum atomic E-state index is 2.64. The van der Waals surface area contributed by atoms with E-state index in [0.29, 0.717) is 5.41 Å². The fraction of sp³-hybridized carbons (Fsp3) is 1.00. The predicted molar refractivity (Wildman–Crippen MR) is 113 cm³/mol. The smallest absolute Gasteiger partial charge is 0.0267 e. The van der Waals surface area contributed by atoms with E-state index in [9.17, 15) is 0 Å². The Bertz CT molecular complexity index is 391. The molecule has 148 valence electrons. The van der Waals surface area contributed by atoms with Crippen molar-refractivity contribution < 1.29 is 0 Å². The molecule has 0 saturated heterocycles. The zero-order valence-corrected chi connectivity index (χ0v) is 18.8. The Morgan fingerprint density at radius 2 is 1.28 bits per heavy atom. The van der Waals surface area contributed by atoms with Crippen molar-refractivity contribution in [2.75, 3.05) is 0 Å². The van der Waals surface area contributed by atoms with Crippen LogP contribution in [0.2, 0.25) is 0 Å². The summed E-state index contributed by atoms with van der Waals surface area (Å²) in [5, 5.41) is 0. The fourth-order valence-corrected chi connectivity index (χ4v) is 7.30. The average molecular weight is 349 g/mol. The zero-order chi connectivity index (χ0) is 18.8. The second kappa shape index (κ2) is 8.79. The van der Waals surface area contributed by atoms with E-state index in [-0.39, 0.29) is 0 Å². The van der Waals surface area contributed by atoms with Gasteiger partial charge in [0.05, 0.1) is 0 Å². The standard InChI is InChI=1S/C25H48/c1-9-11-25(12-10-2)16-23-14-17(3)13-18(4)19(5)15-24(21(23)7)20(6)22(25)8/h17-24H,9-16H2,1-8H3. The molecule has 0 aliphatic heterocycles. The summed E-state index contributed by atoms with van der Waals surface area (Å²) in [6, 6.07) is 0. The van der Waals surface area contributed by atoms with Gasteiger partial charge in [-0.1, -0.05) is 68.2 Å². The molecule has 8 atom stereocenters.